The van der Waals surface area contributed by atoms with Gasteiger partial charge >= 0.3 is 0 Å². The van der Waals surface area contributed by atoms with E-state index in [0.717, 1.165) is 30.1 Å². The van der Waals surface area contributed by atoms with Crippen LogP contribution in [0.2, 0.25) is 0 Å². The van der Waals surface area contributed by atoms with Crippen LogP contribution in [-0.4, -0.2) is 6.54 Å². The van der Waals surface area contributed by atoms with Crippen molar-refractivity contribution in [1.82, 2.24) is 5.32 Å². The molecule has 1 N–H and O–H groups in total. The van der Waals surface area contributed by atoms with Gasteiger partial charge < -0.3 is 5.32 Å². The van der Waals surface area contributed by atoms with Crippen molar-refractivity contribution in [2.45, 2.75) is 25.8 Å². The highest BCUT2D eigenvalue weighted by Crippen LogP contribution is 2.17. The average Bonchev–Trinajstić information content (AvgIpc) is 2.40. The fourth-order valence-electron chi connectivity index (χ4n) is 2.24. The van der Waals surface area contributed by atoms with Gasteiger partial charge in [0, 0.05) is 6.54 Å². The van der Waals surface area contributed by atoms with Gasteiger partial charge in [-0.05, 0) is 43.4 Å². The summed E-state index contributed by atoms with van der Waals surface area (Å²) in [6.45, 7) is 1.84. The van der Waals surface area contributed by atoms with Crippen LogP contribution in [0.5, 0.6) is 0 Å². The molecule has 0 fully saturated rings. The molecule has 2 nitrogen and oxygen atoms in total. The first kappa shape index (κ1) is 11.9. The molecule has 0 heterocycles. The highest BCUT2D eigenvalue weighted by Gasteiger charge is 2.09. The molecule has 1 atom stereocenters. The molecular formula is C15H18N2. The number of hydrogen-bond acceptors (Lipinski definition) is 2. The van der Waals surface area contributed by atoms with Crippen molar-refractivity contribution < 1.29 is 0 Å². The molecule has 1 aliphatic carbocycles. The normalized spacial score (nSPS) is 18.9. The van der Waals surface area contributed by atoms with E-state index >= 15 is 0 Å². The number of benzene rings is 1. The van der Waals surface area contributed by atoms with Crippen LogP contribution in [0.4, 0.5) is 0 Å². The summed E-state index contributed by atoms with van der Waals surface area (Å²) in [6.07, 6.45) is 8.22. The Morgan fingerprint density at radius 2 is 2.18 bits per heavy atom. The fraction of sp³-hybridized carbons (Fsp3) is 0.400. The van der Waals surface area contributed by atoms with Crippen molar-refractivity contribution >= 4 is 0 Å². The summed E-state index contributed by atoms with van der Waals surface area (Å²) in [5.41, 5.74) is 1.88. The molecule has 0 bridgehead atoms. The first-order valence-electron chi connectivity index (χ1n) is 6.24. The quantitative estimate of drug-likeness (QED) is 0.801. The van der Waals surface area contributed by atoms with Gasteiger partial charge in [0.2, 0.25) is 0 Å². The van der Waals surface area contributed by atoms with Crippen LogP contribution in [0.15, 0.2) is 36.4 Å². The van der Waals surface area contributed by atoms with Gasteiger partial charge in [-0.2, -0.15) is 5.26 Å². The van der Waals surface area contributed by atoms with Crippen LogP contribution < -0.4 is 5.32 Å². The van der Waals surface area contributed by atoms with Crippen LogP contribution in [-0.2, 0) is 6.54 Å². The molecule has 0 aliphatic heterocycles. The van der Waals surface area contributed by atoms with Crippen LogP contribution in [0.25, 0.3) is 0 Å². The van der Waals surface area contributed by atoms with Gasteiger partial charge in [0.15, 0.2) is 0 Å². The predicted molar refractivity (Wildman–Crippen MR) is 69.3 cm³/mol. The lowest BCUT2D eigenvalue weighted by molar-refractivity contribution is 0.440. The number of allylic oxidation sites excluding steroid dienone is 2. The van der Waals surface area contributed by atoms with E-state index in [2.05, 4.69) is 23.5 Å². The number of nitriles is 1. The van der Waals surface area contributed by atoms with E-state index in [-0.39, 0.29) is 0 Å². The second kappa shape index (κ2) is 6.22. The van der Waals surface area contributed by atoms with Crippen molar-refractivity contribution in [2.24, 2.45) is 5.92 Å². The molecule has 17 heavy (non-hydrogen) atoms. The summed E-state index contributed by atoms with van der Waals surface area (Å²) in [4.78, 5) is 0. The number of hydrogen-bond donors (Lipinski definition) is 1. The van der Waals surface area contributed by atoms with Crippen molar-refractivity contribution in [3.63, 3.8) is 0 Å². The molecule has 2 heteroatoms. The lowest BCUT2D eigenvalue weighted by atomic mass is 9.94. The summed E-state index contributed by atoms with van der Waals surface area (Å²) >= 11 is 0. The summed E-state index contributed by atoms with van der Waals surface area (Å²) in [5.74, 6) is 0.759. The zero-order chi connectivity index (χ0) is 11.9. The molecule has 2 rings (SSSR count). The third-order valence-electron chi connectivity index (χ3n) is 3.26. The molecule has 1 aliphatic rings. The van der Waals surface area contributed by atoms with E-state index in [1.54, 1.807) is 0 Å². The van der Waals surface area contributed by atoms with Crippen LogP contribution in [0.3, 0.4) is 0 Å². The molecule has 0 amide bonds. The smallest absolute Gasteiger partial charge is 0.0995 e. The Morgan fingerprint density at radius 1 is 1.29 bits per heavy atom. The molecule has 1 aromatic rings. The first-order chi connectivity index (χ1) is 8.40. The monoisotopic (exact) mass is 226 g/mol. The molecule has 0 saturated heterocycles. The standard InChI is InChI=1S/C15H18N2/c16-10-14-8-4-5-9-15(14)12-17-11-13-6-2-1-3-7-13/h1-2,4-5,8-9,13,17H,3,6-7,11-12H2. The Hall–Kier alpha value is -1.59. The minimum atomic E-state index is 0.759. The number of nitrogens with one attached hydrogen (secondary N) is 1. The van der Waals surface area contributed by atoms with Gasteiger partial charge in [-0.3, -0.25) is 0 Å². The SMILES string of the molecule is N#Cc1ccccc1CNCC1CC=CCC1. The highest BCUT2D eigenvalue weighted by molar-refractivity contribution is 5.37. The van der Waals surface area contributed by atoms with Crippen molar-refractivity contribution in [3.05, 3.63) is 47.5 Å². The highest BCUT2D eigenvalue weighted by atomic mass is 14.9. The summed E-state index contributed by atoms with van der Waals surface area (Å²) < 4.78 is 0. The van der Waals surface area contributed by atoms with Gasteiger partial charge in [0.05, 0.1) is 11.6 Å². The third-order valence-corrected chi connectivity index (χ3v) is 3.26. The maximum atomic E-state index is 8.98. The van der Waals surface area contributed by atoms with Crippen LogP contribution >= 0.6 is 0 Å². The van der Waals surface area contributed by atoms with Crippen molar-refractivity contribution in [1.29, 1.82) is 5.26 Å². The number of rotatable bonds is 4. The topological polar surface area (TPSA) is 35.8 Å². The molecule has 0 saturated carbocycles. The van der Waals surface area contributed by atoms with Crippen LogP contribution in [0.1, 0.15) is 30.4 Å². The summed E-state index contributed by atoms with van der Waals surface area (Å²) in [6, 6.07) is 10.0. The van der Waals surface area contributed by atoms with Gasteiger partial charge in [0.1, 0.15) is 0 Å². The Labute approximate surface area is 103 Å². The van der Waals surface area contributed by atoms with Crippen molar-refractivity contribution in [2.75, 3.05) is 6.54 Å². The zero-order valence-corrected chi connectivity index (χ0v) is 10.0. The number of nitrogens with zero attached hydrogens (tertiary/aromatic N) is 1. The van der Waals surface area contributed by atoms with Crippen molar-refractivity contribution in [3.8, 4) is 6.07 Å². The third kappa shape index (κ3) is 3.44. The lowest BCUT2D eigenvalue weighted by Gasteiger charge is -2.18. The average molecular weight is 226 g/mol. The van der Waals surface area contributed by atoms with E-state index in [1.165, 1.54) is 19.3 Å². The molecule has 1 aromatic carbocycles. The Bertz CT molecular complexity index is 429. The molecular weight excluding hydrogens is 208 g/mol. The minimum Gasteiger partial charge on any atom is -0.312 e. The van der Waals surface area contributed by atoms with Gasteiger partial charge in [-0.15, -0.1) is 0 Å². The van der Waals surface area contributed by atoms with Gasteiger partial charge in [-0.1, -0.05) is 30.4 Å². The van der Waals surface area contributed by atoms with E-state index in [0.29, 0.717) is 0 Å². The Morgan fingerprint density at radius 3 is 2.94 bits per heavy atom. The maximum absolute atomic E-state index is 8.98. The Balaban J connectivity index is 1.82. The summed E-state index contributed by atoms with van der Waals surface area (Å²) in [7, 11) is 0. The largest absolute Gasteiger partial charge is 0.312 e. The van der Waals surface area contributed by atoms with E-state index in [9.17, 15) is 0 Å². The second-order valence-corrected chi connectivity index (χ2v) is 4.55. The fourth-order valence-corrected chi connectivity index (χ4v) is 2.24. The molecule has 0 spiro atoms. The summed E-state index contributed by atoms with van der Waals surface area (Å²) in [5, 5.41) is 12.4. The maximum Gasteiger partial charge on any atom is 0.0995 e. The van der Waals surface area contributed by atoms with Crippen LogP contribution in [0, 0.1) is 17.2 Å². The van der Waals surface area contributed by atoms with Gasteiger partial charge in [-0.25, -0.2) is 0 Å². The Kier molecular flexibility index (Phi) is 4.35. The minimum absolute atomic E-state index is 0.759. The zero-order valence-electron chi connectivity index (χ0n) is 10.0. The lowest BCUT2D eigenvalue weighted by Crippen LogP contribution is -2.23. The van der Waals surface area contributed by atoms with E-state index in [1.807, 2.05) is 24.3 Å². The molecule has 0 radical (unpaired) electrons. The second-order valence-electron chi connectivity index (χ2n) is 4.55. The first-order valence-corrected chi connectivity index (χ1v) is 6.24. The van der Waals surface area contributed by atoms with Gasteiger partial charge in [0.25, 0.3) is 0 Å². The van der Waals surface area contributed by atoms with E-state index < -0.39 is 0 Å². The molecule has 1 unspecified atom stereocenters. The molecule has 0 aromatic heterocycles. The predicted octanol–water partition coefficient (Wildman–Crippen LogP) is 3.00. The van der Waals surface area contributed by atoms with E-state index in [4.69, 9.17) is 5.26 Å². The molecule has 88 valence electrons.